The molecule has 0 aromatic carbocycles. The van der Waals surface area contributed by atoms with E-state index < -0.39 is 0 Å². The Bertz CT molecular complexity index is 563. The van der Waals surface area contributed by atoms with E-state index in [1.54, 1.807) is 6.92 Å². The summed E-state index contributed by atoms with van der Waals surface area (Å²) in [6.07, 6.45) is 2.68. The second kappa shape index (κ2) is 5.47. The van der Waals surface area contributed by atoms with E-state index in [2.05, 4.69) is 21.5 Å². The molecular formula is C12H15N5O. The normalized spacial score (nSPS) is 10.5. The van der Waals surface area contributed by atoms with Crippen molar-refractivity contribution in [1.29, 1.82) is 5.26 Å². The summed E-state index contributed by atoms with van der Waals surface area (Å²) in [4.78, 5) is 4.12. The predicted octanol–water partition coefficient (Wildman–Crippen LogP) is 0.920. The van der Waals surface area contributed by atoms with Crippen LogP contribution in [0.4, 0.5) is 0 Å². The second-order valence-corrected chi connectivity index (χ2v) is 4.11. The van der Waals surface area contributed by atoms with Gasteiger partial charge in [-0.15, -0.1) is 0 Å². The van der Waals surface area contributed by atoms with Gasteiger partial charge in [0.15, 0.2) is 5.82 Å². The lowest BCUT2D eigenvalue weighted by Gasteiger charge is -1.99. The molecule has 0 aliphatic rings. The van der Waals surface area contributed by atoms with Crippen molar-refractivity contribution in [2.75, 3.05) is 6.54 Å². The molecule has 0 aliphatic carbocycles. The highest BCUT2D eigenvalue weighted by Gasteiger charge is 2.03. The summed E-state index contributed by atoms with van der Waals surface area (Å²) in [5.74, 6) is 1.30. The van der Waals surface area contributed by atoms with Crippen LogP contribution in [0.3, 0.4) is 0 Å². The number of hydrogen-bond acceptors (Lipinski definition) is 5. The minimum atomic E-state index is 0.590. The Labute approximate surface area is 105 Å². The molecule has 0 unspecified atom stereocenters. The molecule has 18 heavy (non-hydrogen) atoms. The van der Waals surface area contributed by atoms with Crippen LogP contribution in [0.2, 0.25) is 0 Å². The van der Waals surface area contributed by atoms with Crippen molar-refractivity contribution >= 4 is 0 Å². The molecule has 0 aliphatic heterocycles. The molecule has 0 atom stereocenters. The average Bonchev–Trinajstić information content (AvgIpc) is 2.91. The van der Waals surface area contributed by atoms with E-state index in [0.717, 1.165) is 25.1 Å². The first-order valence-corrected chi connectivity index (χ1v) is 5.74. The summed E-state index contributed by atoms with van der Waals surface area (Å²) >= 11 is 0. The minimum absolute atomic E-state index is 0.590. The van der Waals surface area contributed by atoms with Gasteiger partial charge in [-0.1, -0.05) is 5.16 Å². The smallest absolute Gasteiger partial charge is 0.223 e. The van der Waals surface area contributed by atoms with Crippen molar-refractivity contribution in [3.8, 4) is 6.07 Å². The molecule has 2 aromatic rings. The summed E-state index contributed by atoms with van der Waals surface area (Å²) in [5, 5.41) is 15.9. The maximum Gasteiger partial charge on any atom is 0.223 e. The molecule has 0 saturated carbocycles. The standard InChI is InChI=1S/C12H15N5O/c1-9-15-12(16-18-9)3-4-14-7-10-5-11(6-13)17(2)8-10/h5,8,14H,3-4,7H2,1-2H3. The van der Waals surface area contributed by atoms with Crippen molar-refractivity contribution < 1.29 is 4.52 Å². The topological polar surface area (TPSA) is 79.7 Å². The van der Waals surface area contributed by atoms with Gasteiger partial charge < -0.3 is 14.4 Å². The fraction of sp³-hybridized carbons (Fsp3) is 0.417. The fourth-order valence-corrected chi connectivity index (χ4v) is 1.72. The molecule has 94 valence electrons. The van der Waals surface area contributed by atoms with E-state index in [1.165, 1.54) is 0 Å². The third-order valence-corrected chi connectivity index (χ3v) is 2.60. The SMILES string of the molecule is Cc1nc(CCNCc2cc(C#N)n(C)c2)no1. The number of aryl methyl sites for hydroxylation is 2. The van der Waals surface area contributed by atoms with Crippen molar-refractivity contribution in [3.05, 3.63) is 35.2 Å². The van der Waals surface area contributed by atoms with Crippen LogP contribution < -0.4 is 5.32 Å². The highest BCUT2D eigenvalue weighted by Crippen LogP contribution is 2.05. The van der Waals surface area contributed by atoms with Gasteiger partial charge in [-0.2, -0.15) is 10.2 Å². The number of aromatic nitrogens is 3. The monoisotopic (exact) mass is 245 g/mol. The zero-order valence-electron chi connectivity index (χ0n) is 10.5. The van der Waals surface area contributed by atoms with Gasteiger partial charge in [0, 0.05) is 39.7 Å². The Morgan fingerprint density at radius 1 is 1.56 bits per heavy atom. The van der Waals surface area contributed by atoms with Gasteiger partial charge in [-0.05, 0) is 11.6 Å². The molecule has 2 rings (SSSR count). The lowest BCUT2D eigenvalue weighted by atomic mass is 10.3. The summed E-state index contributed by atoms with van der Waals surface area (Å²) in [6.45, 7) is 3.28. The van der Waals surface area contributed by atoms with Gasteiger partial charge in [-0.3, -0.25) is 0 Å². The summed E-state index contributed by atoms with van der Waals surface area (Å²) in [5.41, 5.74) is 1.76. The molecule has 1 N–H and O–H groups in total. The maximum atomic E-state index is 8.84. The van der Waals surface area contributed by atoms with Gasteiger partial charge in [0.05, 0.1) is 0 Å². The highest BCUT2D eigenvalue weighted by molar-refractivity contribution is 5.28. The number of rotatable bonds is 5. The van der Waals surface area contributed by atoms with E-state index in [4.69, 9.17) is 9.78 Å². The molecule has 6 nitrogen and oxygen atoms in total. The second-order valence-electron chi connectivity index (χ2n) is 4.11. The Morgan fingerprint density at radius 2 is 2.39 bits per heavy atom. The molecule has 0 saturated heterocycles. The minimum Gasteiger partial charge on any atom is -0.342 e. The van der Waals surface area contributed by atoms with Gasteiger partial charge in [0.25, 0.3) is 0 Å². The lowest BCUT2D eigenvalue weighted by Crippen LogP contribution is -2.16. The van der Waals surface area contributed by atoms with Gasteiger partial charge in [0.2, 0.25) is 5.89 Å². The highest BCUT2D eigenvalue weighted by atomic mass is 16.5. The van der Waals surface area contributed by atoms with Crippen LogP contribution in [0.1, 0.15) is 23.0 Å². The van der Waals surface area contributed by atoms with Crippen LogP contribution >= 0.6 is 0 Å². The third-order valence-electron chi connectivity index (χ3n) is 2.60. The number of hydrogen-bond donors (Lipinski definition) is 1. The van der Waals surface area contributed by atoms with Crippen LogP contribution in [0.15, 0.2) is 16.8 Å². The van der Waals surface area contributed by atoms with Crippen molar-refractivity contribution in [2.24, 2.45) is 7.05 Å². The van der Waals surface area contributed by atoms with Gasteiger partial charge >= 0.3 is 0 Å². The predicted molar refractivity (Wildman–Crippen MR) is 64.6 cm³/mol. The molecule has 0 amide bonds. The van der Waals surface area contributed by atoms with E-state index in [0.29, 0.717) is 17.4 Å². The van der Waals surface area contributed by atoms with E-state index in [-0.39, 0.29) is 0 Å². The summed E-state index contributed by atoms with van der Waals surface area (Å²) < 4.78 is 6.70. The molecule has 6 heteroatoms. The van der Waals surface area contributed by atoms with Crippen molar-refractivity contribution in [2.45, 2.75) is 19.9 Å². The van der Waals surface area contributed by atoms with Gasteiger partial charge in [0.1, 0.15) is 11.8 Å². The molecule has 0 bridgehead atoms. The third kappa shape index (κ3) is 2.96. The van der Waals surface area contributed by atoms with Crippen LogP contribution in [-0.2, 0) is 20.0 Å². The molecular weight excluding hydrogens is 230 g/mol. The van der Waals surface area contributed by atoms with Crippen LogP contribution in [-0.4, -0.2) is 21.3 Å². The molecule has 2 heterocycles. The van der Waals surface area contributed by atoms with E-state index >= 15 is 0 Å². The Morgan fingerprint density at radius 3 is 3.00 bits per heavy atom. The van der Waals surface area contributed by atoms with Crippen LogP contribution in [0.5, 0.6) is 0 Å². The lowest BCUT2D eigenvalue weighted by molar-refractivity contribution is 0.387. The van der Waals surface area contributed by atoms with Crippen LogP contribution in [0.25, 0.3) is 0 Å². The molecule has 0 fully saturated rings. The van der Waals surface area contributed by atoms with Crippen molar-refractivity contribution in [1.82, 2.24) is 20.0 Å². The largest absolute Gasteiger partial charge is 0.342 e. The Hall–Kier alpha value is -2.13. The molecule has 2 aromatic heterocycles. The first-order chi connectivity index (χ1) is 8.69. The van der Waals surface area contributed by atoms with E-state index in [9.17, 15) is 0 Å². The first kappa shape index (κ1) is 12.3. The van der Waals surface area contributed by atoms with Crippen LogP contribution in [0, 0.1) is 18.3 Å². The van der Waals surface area contributed by atoms with Crippen molar-refractivity contribution in [3.63, 3.8) is 0 Å². The maximum absolute atomic E-state index is 8.84. The summed E-state index contributed by atoms with van der Waals surface area (Å²) in [6, 6.07) is 4.02. The number of nitrogens with zero attached hydrogens (tertiary/aromatic N) is 4. The average molecular weight is 245 g/mol. The Balaban J connectivity index is 1.77. The molecule has 0 spiro atoms. The van der Waals surface area contributed by atoms with Gasteiger partial charge in [-0.25, -0.2) is 0 Å². The number of nitrogens with one attached hydrogen (secondary N) is 1. The zero-order valence-corrected chi connectivity index (χ0v) is 10.5. The van der Waals surface area contributed by atoms with E-state index in [1.807, 2.05) is 23.9 Å². The first-order valence-electron chi connectivity index (χ1n) is 5.74. The summed E-state index contributed by atoms with van der Waals surface area (Å²) in [7, 11) is 1.87. The Kier molecular flexibility index (Phi) is 3.75. The zero-order chi connectivity index (χ0) is 13.0. The fourth-order valence-electron chi connectivity index (χ4n) is 1.72. The molecule has 0 radical (unpaired) electrons. The number of nitriles is 1. The quantitative estimate of drug-likeness (QED) is 0.792.